The lowest BCUT2D eigenvalue weighted by Crippen LogP contribution is -2.14. The van der Waals surface area contributed by atoms with Gasteiger partial charge in [0.25, 0.3) is 10.0 Å². The van der Waals surface area contributed by atoms with Crippen LogP contribution in [0.2, 0.25) is 0 Å². The molecule has 8 nitrogen and oxygen atoms in total. The van der Waals surface area contributed by atoms with Gasteiger partial charge in [-0.1, -0.05) is 12.2 Å². The molecule has 0 saturated carbocycles. The fourth-order valence-electron chi connectivity index (χ4n) is 3.38. The number of methoxy groups -OCH3 is 4. The van der Waals surface area contributed by atoms with E-state index < -0.39 is 21.8 Å². The molecular formula is C25H24F3NO7S. The van der Waals surface area contributed by atoms with Crippen LogP contribution in [0, 0.1) is 0 Å². The fourth-order valence-corrected chi connectivity index (χ4v) is 4.46. The lowest BCUT2D eigenvalue weighted by Gasteiger charge is -2.15. The highest BCUT2D eigenvalue weighted by Crippen LogP contribution is 2.39. The van der Waals surface area contributed by atoms with Gasteiger partial charge in [0.1, 0.15) is 0 Å². The molecule has 37 heavy (non-hydrogen) atoms. The normalized spacial score (nSPS) is 11.9. The van der Waals surface area contributed by atoms with E-state index >= 15 is 0 Å². The molecule has 0 aliphatic carbocycles. The number of aromatic hydroxyl groups is 1. The molecule has 0 aromatic heterocycles. The van der Waals surface area contributed by atoms with Crippen molar-refractivity contribution in [1.82, 2.24) is 0 Å². The molecule has 3 aromatic rings. The third-order valence-electron chi connectivity index (χ3n) is 5.23. The number of halogens is 3. The lowest BCUT2D eigenvalue weighted by molar-refractivity contribution is -0.137. The Labute approximate surface area is 211 Å². The summed E-state index contributed by atoms with van der Waals surface area (Å²) >= 11 is 0. The van der Waals surface area contributed by atoms with E-state index in [0.717, 1.165) is 12.1 Å². The summed E-state index contributed by atoms with van der Waals surface area (Å²) in [7, 11) is 1.37. The van der Waals surface area contributed by atoms with Crippen molar-refractivity contribution >= 4 is 27.9 Å². The number of ether oxygens (including phenoxy) is 4. The molecule has 3 aromatic carbocycles. The van der Waals surface area contributed by atoms with E-state index in [1.165, 1.54) is 46.6 Å². The van der Waals surface area contributed by atoms with Crippen LogP contribution in [0.25, 0.3) is 12.2 Å². The van der Waals surface area contributed by atoms with Gasteiger partial charge in [-0.3, -0.25) is 4.72 Å². The van der Waals surface area contributed by atoms with Crippen LogP contribution < -0.4 is 23.7 Å². The van der Waals surface area contributed by atoms with E-state index in [-0.39, 0.29) is 27.6 Å². The zero-order chi connectivity index (χ0) is 27.4. The molecule has 0 amide bonds. The summed E-state index contributed by atoms with van der Waals surface area (Å²) in [5, 5.41) is 10.3. The molecular weight excluding hydrogens is 515 g/mol. The van der Waals surface area contributed by atoms with Gasteiger partial charge < -0.3 is 24.1 Å². The number of phenols is 1. The maximum Gasteiger partial charge on any atom is 0.416 e. The van der Waals surface area contributed by atoms with Crippen LogP contribution >= 0.6 is 0 Å². The maximum atomic E-state index is 12.9. The summed E-state index contributed by atoms with van der Waals surface area (Å²) in [5.74, 6) is 0.887. The minimum Gasteiger partial charge on any atom is -0.504 e. The molecule has 0 atom stereocenters. The summed E-state index contributed by atoms with van der Waals surface area (Å²) in [6, 6.07) is 8.92. The van der Waals surface area contributed by atoms with Crippen molar-refractivity contribution in [2.75, 3.05) is 33.2 Å². The van der Waals surface area contributed by atoms with Gasteiger partial charge in [-0.05, 0) is 48.0 Å². The van der Waals surface area contributed by atoms with Gasteiger partial charge in [0, 0.05) is 11.6 Å². The standard InChI is InChI=1S/C25H24F3NO7S/c1-33-21-14-19(29-37(31,32)18-9-7-17(8-10-18)25(26,27)28)16(13-20(21)30)6-5-15-11-22(34-2)24(36-4)23(12-15)35-3/h5-14,29-30H,1-4H3. The summed E-state index contributed by atoms with van der Waals surface area (Å²) in [4.78, 5) is -0.382. The Balaban J connectivity index is 2.02. The van der Waals surface area contributed by atoms with E-state index in [2.05, 4.69) is 4.72 Å². The Morgan fingerprint density at radius 2 is 1.38 bits per heavy atom. The first-order valence-corrected chi connectivity index (χ1v) is 12.0. The van der Waals surface area contributed by atoms with Gasteiger partial charge in [-0.15, -0.1) is 0 Å². The van der Waals surface area contributed by atoms with E-state index in [4.69, 9.17) is 18.9 Å². The Bertz CT molecular complexity index is 1380. The number of sulfonamides is 1. The Morgan fingerprint density at radius 1 is 0.811 bits per heavy atom. The van der Waals surface area contributed by atoms with Crippen molar-refractivity contribution in [3.63, 3.8) is 0 Å². The molecule has 0 spiro atoms. The number of anilines is 1. The molecule has 0 heterocycles. The second-order valence-corrected chi connectivity index (χ2v) is 9.21. The topological polar surface area (TPSA) is 103 Å². The van der Waals surface area contributed by atoms with Crippen molar-refractivity contribution in [3.8, 4) is 28.7 Å². The average molecular weight is 540 g/mol. The molecule has 0 saturated heterocycles. The van der Waals surface area contributed by atoms with Crippen molar-refractivity contribution in [1.29, 1.82) is 0 Å². The van der Waals surface area contributed by atoms with Crippen molar-refractivity contribution in [3.05, 3.63) is 65.2 Å². The zero-order valence-electron chi connectivity index (χ0n) is 20.2. The molecule has 0 aliphatic heterocycles. The molecule has 0 aliphatic rings. The van der Waals surface area contributed by atoms with E-state index in [9.17, 15) is 26.7 Å². The highest BCUT2D eigenvalue weighted by atomic mass is 32.2. The summed E-state index contributed by atoms with van der Waals surface area (Å²) in [6.07, 6.45) is -1.48. The van der Waals surface area contributed by atoms with Crippen LogP contribution in [0.1, 0.15) is 16.7 Å². The number of hydrogen-bond donors (Lipinski definition) is 2. The molecule has 0 unspecified atom stereocenters. The van der Waals surface area contributed by atoms with Crippen LogP contribution in [0.4, 0.5) is 18.9 Å². The van der Waals surface area contributed by atoms with Crippen LogP contribution in [-0.2, 0) is 16.2 Å². The molecule has 0 bridgehead atoms. The first-order valence-electron chi connectivity index (χ1n) is 10.5. The first kappa shape index (κ1) is 27.5. The van der Waals surface area contributed by atoms with Gasteiger partial charge in [0.2, 0.25) is 5.75 Å². The van der Waals surface area contributed by atoms with Crippen LogP contribution in [0.15, 0.2) is 53.4 Å². The van der Waals surface area contributed by atoms with E-state index in [1.54, 1.807) is 18.2 Å². The summed E-state index contributed by atoms with van der Waals surface area (Å²) in [5.41, 5.74) is -0.131. The molecule has 12 heteroatoms. The summed E-state index contributed by atoms with van der Waals surface area (Å²) < 4.78 is 87.9. The largest absolute Gasteiger partial charge is 0.504 e. The monoisotopic (exact) mass is 539 g/mol. The van der Waals surface area contributed by atoms with Gasteiger partial charge >= 0.3 is 6.18 Å². The number of alkyl halides is 3. The quantitative estimate of drug-likeness (QED) is 0.277. The minimum absolute atomic E-state index is 0.0123. The third-order valence-corrected chi connectivity index (χ3v) is 6.61. The number of rotatable bonds is 9. The Kier molecular flexibility index (Phi) is 8.12. The second-order valence-electron chi connectivity index (χ2n) is 7.53. The maximum absolute atomic E-state index is 12.9. The fraction of sp³-hybridized carbons (Fsp3) is 0.200. The first-order chi connectivity index (χ1) is 17.4. The highest BCUT2D eigenvalue weighted by molar-refractivity contribution is 7.92. The van der Waals surface area contributed by atoms with Crippen molar-refractivity contribution < 1.29 is 45.6 Å². The summed E-state index contributed by atoms with van der Waals surface area (Å²) in [6.45, 7) is 0. The number of hydrogen-bond acceptors (Lipinski definition) is 7. The Hall–Kier alpha value is -4.06. The minimum atomic E-state index is -4.61. The van der Waals surface area contributed by atoms with E-state index in [0.29, 0.717) is 34.9 Å². The number of nitrogens with one attached hydrogen (secondary N) is 1. The predicted molar refractivity (Wildman–Crippen MR) is 132 cm³/mol. The molecule has 2 N–H and O–H groups in total. The van der Waals surface area contributed by atoms with Crippen LogP contribution in [-0.4, -0.2) is 42.0 Å². The molecule has 0 fully saturated rings. The Morgan fingerprint density at radius 3 is 1.86 bits per heavy atom. The third kappa shape index (κ3) is 6.20. The van der Waals surface area contributed by atoms with Gasteiger partial charge in [0.05, 0.1) is 44.6 Å². The van der Waals surface area contributed by atoms with Gasteiger partial charge in [0.15, 0.2) is 23.0 Å². The van der Waals surface area contributed by atoms with Gasteiger partial charge in [-0.2, -0.15) is 13.2 Å². The SMILES string of the molecule is COc1cc(NS(=O)(=O)c2ccc(C(F)(F)F)cc2)c(C=Cc2cc(OC)c(OC)c(OC)c2)cc1O. The number of benzene rings is 3. The zero-order valence-corrected chi connectivity index (χ0v) is 21.0. The van der Waals surface area contributed by atoms with Gasteiger partial charge in [-0.25, -0.2) is 8.42 Å². The lowest BCUT2D eigenvalue weighted by atomic mass is 10.1. The van der Waals surface area contributed by atoms with Crippen LogP contribution in [0.3, 0.4) is 0 Å². The van der Waals surface area contributed by atoms with Crippen molar-refractivity contribution in [2.45, 2.75) is 11.1 Å². The average Bonchev–Trinajstić information content (AvgIpc) is 2.87. The smallest absolute Gasteiger partial charge is 0.416 e. The second kappa shape index (κ2) is 10.9. The number of phenolic OH excluding ortho intramolecular Hbond substituents is 1. The predicted octanol–water partition coefficient (Wildman–Crippen LogP) is 5.42. The van der Waals surface area contributed by atoms with Crippen molar-refractivity contribution in [2.24, 2.45) is 0 Å². The van der Waals surface area contributed by atoms with E-state index in [1.807, 2.05) is 0 Å². The van der Waals surface area contributed by atoms with Crippen LogP contribution in [0.5, 0.6) is 28.7 Å². The molecule has 3 rings (SSSR count). The molecule has 198 valence electrons. The highest BCUT2D eigenvalue weighted by Gasteiger charge is 2.30. The molecule has 0 radical (unpaired) electrons.